The molecule has 2 atom stereocenters. The molecule has 5 rings (SSSR count). The molecule has 0 radical (unpaired) electrons. The van der Waals surface area contributed by atoms with Crippen LogP contribution in [0.15, 0.2) is 84.5 Å². The first kappa shape index (κ1) is 36.7. The molecule has 2 aromatic carbocycles. The Morgan fingerprint density at radius 1 is 1.06 bits per heavy atom. The first-order valence-electron chi connectivity index (χ1n) is 17.6. The van der Waals surface area contributed by atoms with E-state index >= 15 is 0 Å². The van der Waals surface area contributed by atoms with Crippen LogP contribution in [0.3, 0.4) is 0 Å². The van der Waals surface area contributed by atoms with Gasteiger partial charge >= 0.3 is 12.6 Å². The Hall–Kier alpha value is -3.59. The number of halogens is 2. The van der Waals surface area contributed by atoms with Gasteiger partial charge in [-0.3, -0.25) is 0 Å². The highest BCUT2D eigenvalue weighted by Crippen LogP contribution is 2.41. The highest BCUT2D eigenvalue weighted by molar-refractivity contribution is 5.88. The molecule has 1 aliphatic carbocycles. The van der Waals surface area contributed by atoms with Gasteiger partial charge in [0, 0.05) is 37.0 Å². The fraction of sp³-hybridized carbons (Fsp3) is 0.488. The highest BCUT2D eigenvalue weighted by Gasteiger charge is 2.34. The lowest BCUT2D eigenvalue weighted by atomic mass is 9.85. The van der Waals surface area contributed by atoms with E-state index in [1.165, 1.54) is 16.7 Å². The molecule has 2 aromatic rings. The van der Waals surface area contributed by atoms with Crippen LogP contribution in [-0.4, -0.2) is 63.6 Å². The zero-order chi connectivity index (χ0) is 34.8. The van der Waals surface area contributed by atoms with Gasteiger partial charge in [0.15, 0.2) is 0 Å². The number of alkyl halides is 2. The minimum atomic E-state index is -2.74. The van der Waals surface area contributed by atoms with Crippen molar-refractivity contribution in [1.29, 1.82) is 0 Å². The van der Waals surface area contributed by atoms with Crippen molar-refractivity contribution in [1.82, 2.24) is 4.90 Å². The number of aryl methyl sites for hydroxylation is 1. The number of esters is 1. The van der Waals surface area contributed by atoms with Crippen LogP contribution < -0.4 is 0 Å². The second kappa shape index (κ2) is 17.4. The van der Waals surface area contributed by atoms with Crippen molar-refractivity contribution < 1.29 is 32.5 Å². The first-order valence-corrected chi connectivity index (χ1v) is 17.6. The van der Waals surface area contributed by atoms with Crippen molar-refractivity contribution >= 4 is 11.7 Å². The normalized spacial score (nSPS) is 23.6. The molecule has 2 fully saturated rings. The molecule has 8 heteroatoms. The van der Waals surface area contributed by atoms with Crippen LogP contribution in [-0.2, 0) is 29.3 Å². The Morgan fingerprint density at radius 3 is 2.53 bits per heavy atom. The van der Waals surface area contributed by atoms with E-state index in [2.05, 4.69) is 77.8 Å². The van der Waals surface area contributed by atoms with Crippen molar-refractivity contribution in [3.63, 3.8) is 0 Å². The van der Waals surface area contributed by atoms with E-state index < -0.39 is 12.2 Å². The summed E-state index contributed by atoms with van der Waals surface area (Å²) in [4.78, 5) is 15.1. The van der Waals surface area contributed by atoms with E-state index in [-0.39, 0.29) is 24.6 Å². The zero-order valence-electron chi connectivity index (χ0n) is 29.2. The van der Waals surface area contributed by atoms with E-state index in [0.29, 0.717) is 19.6 Å². The molecule has 0 amide bonds. The second-order valence-electron chi connectivity index (χ2n) is 13.5. The van der Waals surface area contributed by atoms with Crippen LogP contribution in [0.2, 0.25) is 0 Å². The summed E-state index contributed by atoms with van der Waals surface area (Å²) in [7, 11) is 1.79. The molecule has 2 aliphatic heterocycles. The van der Waals surface area contributed by atoms with Crippen LogP contribution in [0.5, 0.6) is 0 Å². The number of benzene rings is 2. The maximum atomic E-state index is 12.7. The van der Waals surface area contributed by atoms with Crippen molar-refractivity contribution in [2.45, 2.75) is 83.5 Å². The molecular weight excluding hydrogens is 624 g/mol. The lowest BCUT2D eigenvalue weighted by Crippen LogP contribution is -2.38. The number of hydrogen-bond acceptors (Lipinski definition) is 6. The molecule has 264 valence electrons. The van der Waals surface area contributed by atoms with Gasteiger partial charge in [-0.15, -0.1) is 0 Å². The molecule has 1 saturated heterocycles. The van der Waals surface area contributed by atoms with Crippen molar-refractivity contribution in [3.05, 3.63) is 101 Å². The minimum absolute atomic E-state index is 0.0228. The number of carbonyl (C=O) groups excluding carboxylic acids is 1. The maximum absolute atomic E-state index is 12.7. The van der Waals surface area contributed by atoms with Gasteiger partial charge in [-0.05, 0) is 98.6 Å². The maximum Gasteiger partial charge on any atom is 0.345 e. The molecule has 0 spiro atoms. The molecule has 2 heterocycles. The molecule has 6 nitrogen and oxygen atoms in total. The second-order valence-corrected chi connectivity index (χ2v) is 13.5. The van der Waals surface area contributed by atoms with E-state index in [0.717, 1.165) is 86.0 Å². The highest BCUT2D eigenvalue weighted by atomic mass is 19.3. The minimum Gasteiger partial charge on any atom is -0.454 e. The molecule has 49 heavy (non-hydrogen) atoms. The van der Waals surface area contributed by atoms with Crippen LogP contribution in [0, 0.1) is 12.8 Å². The van der Waals surface area contributed by atoms with Gasteiger partial charge in [0.25, 0.3) is 0 Å². The molecule has 3 aliphatic rings. The average molecular weight is 676 g/mol. The monoisotopic (exact) mass is 675 g/mol. The van der Waals surface area contributed by atoms with Gasteiger partial charge in [0.1, 0.15) is 6.10 Å². The van der Waals surface area contributed by atoms with Crippen molar-refractivity contribution in [2.24, 2.45) is 5.92 Å². The fourth-order valence-electron chi connectivity index (χ4n) is 7.19. The summed E-state index contributed by atoms with van der Waals surface area (Å²) in [5.41, 5.74) is 8.58. The molecule has 0 N–H and O–H groups in total. The number of carbonyl (C=O) groups is 1. The van der Waals surface area contributed by atoms with E-state index in [4.69, 9.17) is 14.2 Å². The van der Waals surface area contributed by atoms with Gasteiger partial charge in [0.2, 0.25) is 0 Å². The van der Waals surface area contributed by atoms with Crippen LogP contribution in [0.4, 0.5) is 8.78 Å². The predicted molar refractivity (Wildman–Crippen MR) is 190 cm³/mol. The summed E-state index contributed by atoms with van der Waals surface area (Å²) in [6.07, 6.45) is 14.8. The molecule has 0 bridgehead atoms. The van der Waals surface area contributed by atoms with E-state index in [9.17, 15) is 13.6 Å². The Bertz CT molecular complexity index is 1530. The largest absolute Gasteiger partial charge is 0.454 e. The number of methoxy groups -OCH3 is 1. The molecule has 1 saturated carbocycles. The van der Waals surface area contributed by atoms with Gasteiger partial charge in [-0.25, -0.2) is 4.79 Å². The zero-order valence-corrected chi connectivity index (χ0v) is 29.2. The van der Waals surface area contributed by atoms with E-state index in [1.54, 1.807) is 7.11 Å². The van der Waals surface area contributed by atoms with Gasteiger partial charge < -0.3 is 23.8 Å². The molecule has 1 unspecified atom stereocenters. The molecular formula is C41H51F2NO5. The third kappa shape index (κ3) is 9.56. The summed E-state index contributed by atoms with van der Waals surface area (Å²) in [6, 6.07) is 15.4. The quantitative estimate of drug-likeness (QED) is 0.0968. The van der Waals surface area contributed by atoms with Crippen molar-refractivity contribution in [2.75, 3.05) is 40.0 Å². The lowest BCUT2D eigenvalue weighted by Gasteiger charge is -2.32. The van der Waals surface area contributed by atoms with Gasteiger partial charge in [0.05, 0.1) is 25.4 Å². The van der Waals surface area contributed by atoms with Crippen LogP contribution in [0.1, 0.15) is 75.0 Å². The number of nitrogens with zero attached hydrogens (tertiary/aromatic N) is 1. The van der Waals surface area contributed by atoms with Gasteiger partial charge in [-0.2, -0.15) is 8.78 Å². The van der Waals surface area contributed by atoms with E-state index in [1.807, 2.05) is 19.1 Å². The Balaban J connectivity index is 1.29. The summed E-state index contributed by atoms with van der Waals surface area (Å²) >= 11 is 0. The third-order valence-corrected chi connectivity index (χ3v) is 10.0. The van der Waals surface area contributed by atoms with Crippen molar-refractivity contribution in [3.8, 4) is 11.1 Å². The Labute approximate surface area is 290 Å². The SMILES string of the molecule is C=C/C=C(\c1cc(-c2ccc(C3(OC)CCC/C(=C/[C@@H](C)COC(F)F)CC3)cc2)ccc1C)N1CC/C=C(\C(=O)OC2COC2)CCC1. The summed E-state index contributed by atoms with van der Waals surface area (Å²) < 4.78 is 46.5. The topological polar surface area (TPSA) is 57.2 Å². The number of hydrogen-bond donors (Lipinski definition) is 0. The van der Waals surface area contributed by atoms with Gasteiger partial charge in [-0.1, -0.05) is 73.7 Å². The number of rotatable bonds is 12. The third-order valence-electron chi connectivity index (χ3n) is 10.0. The summed E-state index contributed by atoms with van der Waals surface area (Å²) in [5, 5.41) is 0. The fourth-order valence-corrected chi connectivity index (χ4v) is 7.19. The number of ether oxygens (including phenoxy) is 4. The lowest BCUT2D eigenvalue weighted by molar-refractivity contribution is -0.167. The Kier molecular flexibility index (Phi) is 13.0. The van der Waals surface area contributed by atoms with Crippen LogP contribution >= 0.6 is 0 Å². The summed E-state index contributed by atoms with van der Waals surface area (Å²) in [6.45, 7) is 7.97. The standard InChI is InChI=1S/C41H51F2NO5/c1-5-9-38(44-22-7-11-33(12-8-23-44)39(45)49-36-27-47-28-36)37-25-34(14-13-30(37)3)32-15-17-35(18-16-32)41(46-4)20-6-10-31(19-21-41)24-29(2)26-48-40(42)43/h5,9,11,13-18,24-25,29,36,40H,1,6-8,10,12,19-23,26-28H2,2-4H3/b31-24-,33-11-,38-9+/t29-,41?/m1/s1. The smallest absolute Gasteiger partial charge is 0.345 e. The predicted octanol–water partition coefficient (Wildman–Crippen LogP) is 9.15. The number of allylic oxidation sites excluding steroid dienone is 3. The Morgan fingerprint density at radius 2 is 1.84 bits per heavy atom. The first-order chi connectivity index (χ1) is 23.7. The average Bonchev–Trinajstić information content (AvgIpc) is 3.28. The summed E-state index contributed by atoms with van der Waals surface area (Å²) in [5.74, 6) is -0.267. The van der Waals surface area contributed by atoms with Crippen LogP contribution in [0.25, 0.3) is 16.8 Å². The molecule has 0 aromatic heterocycles.